The van der Waals surface area contributed by atoms with Crippen molar-refractivity contribution in [2.45, 2.75) is 17.9 Å². The predicted octanol–water partition coefficient (Wildman–Crippen LogP) is 0.409. The lowest BCUT2D eigenvalue weighted by Gasteiger charge is -2.18. The predicted molar refractivity (Wildman–Crippen MR) is 62.3 cm³/mol. The average Bonchev–Trinajstić information content (AvgIpc) is 2.20. The highest BCUT2D eigenvalue weighted by Gasteiger charge is 2.22. The van der Waals surface area contributed by atoms with Crippen LogP contribution in [0.1, 0.15) is 6.92 Å². The van der Waals surface area contributed by atoms with Gasteiger partial charge in [0.05, 0.1) is 16.7 Å². The molecule has 1 atom stereocenters. The van der Waals surface area contributed by atoms with Crippen molar-refractivity contribution in [3.8, 4) is 0 Å². The molecule has 1 aromatic carbocycles. The van der Waals surface area contributed by atoms with Gasteiger partial charge in [0.25, 0.3) is 0 Å². The number of hydrogen-bond donors (Lipinski definition) is 2. The summed E-state index contributed by atoms with van der Waals surface area (Å²) in [4.78, 5) is -0.188. The Labute approximate surface area is 99.7 Å². The van der Waals surface area contributed by atoms with E-state index in [2.05, 4.69) is 0 Å². The number of anilines is 1. The standard InChI is InChI=1S/C10H15FN2O3S/c1-7(14)6-13(2)17(15,16)8-3-4-10(12)9(11)5-8/h3-5,7,14H,6,12H2,1-2H3. The first-order valence-electron chi connectivity index (χ1n) is 4.94. The van der Waals surface area contributed by atoms with E-state index in [-0.39, 0.29) is 17.1 Å². The number of rotatable bonds is 4. The summed E-state index contributed by atoms with van der Waals surface area (Å²) < 4.78 is 38.0. The molecule has 17 heavy (non-hydrogen) atoms. The molecular formula is C10H15FN2O3S. The van der Waals surface area contributed by atoms with E-state index in [1.807, 2.05) is 0 Å². The van der Waals surface area contributed by atoms with Gasteiger partial charge in [-0.15, -0.1) is 0 Å². The van der Waals surface area contributed by atoms with Gasteiger partial charge in [0.2, 0.25) is 10.0 Å². The van der Waals surface area contributed by atoms with Gasteiger partial charge in [-0.05, 0) is 25.1 Å². The Hall–Kier alpha value is -1.18. The Morgan fingerprint density at radius 2 is 2.12 bits per heavy atom. The molecule has 5 nitrogen and oxygen atoms in total. The number of nitrogens with zero attached hydrogens (tertiary/aromatic N) is 1. The first-order chi connectivity index (χ1) is 7.75. The van der Waals surface area contributed by atoms with Gasteiger partial charge in [0, 0.05) is 13.6 Å². The third-order valence-electron chi connectivity index (χ3n) is 2.20. The fourth-order valence-corrected chi connectivity index (χ4v) is 2.58. The van der Waals surface area contributed by atoms with Gasteiger partial charge in [-0.25, -0.2) is 12.8 Å². The normalized spacial score (nSPS) is 13.9. The summed E-state index contributed by atoms with van der Waals surface area (Å²) in [5.74, 6) is -0.781. The Kier molecular flexibility index (Phi) is 4.07. The number of aliphatic hydroxyl groups is 1. The molecule has 0 aliphatic heterocycles. The van der Waals surface area contributed by atoms with Crippen LogP contribution in [-0.4, -0.2) is 37.5 Å². The van der Waals surface area contributed by atoms with Gasteiger partial charge >= 0.3 is 0 Å². The van der Waals surface area contributed by atoms with E-state index in [9.17, 15) is 12.8 Å². The summed E-state index contributed by atoms with van der Waals surface area (Å²) in [6.07, 6.45) is -0.798. The van der Waals surface area contributed by atoms with Gasteiger partial charge in [0.1, 0.15) is 5.82 Å². The third kappa shape index (κ3) is 3.15. The topological polar surface area (TPSA) is 83.6 Å². The van der Waals surface area contributed by atoms with Crippen molar-refractivity contribution in [3.63, 3.8) is 0 Å². The molecule has 0 aliphatic rings. The molecule has 0 aliphatic carbocycles. The largest absolute Gasteiger partial charge is 0.396 e. The number of nitrogens with two attached hydrogens (primary N) is 1. The van der Waals surface area contributed by atoms with Crippen molar-refractivity contribution in [2.75, 3.05) is 19.3 Å². The van der Waals surface area contributed by atoms with Gasteiger partial charge in [-0.2, -0.15) is 4.31 Å². The minimum atomic E-state index is -3.80. The van der Waals surface area contributed by atoms with Crippen LogP contribution in [0.3, 0.4) is 0 Å². The highest BCUT2D eigenvalue weighted by atomic mass is 32.2. The van der Waals surface area contributed by atoms with Gasteiger partial charge < -0.3 is 10.8 Å². The molecule has 0 amide bonds. The van der Waals surface area contributed by atoms with Gasteiger partial charge in [0.15, 0.2) is 0 Å². The van der Waals surface area contributed by atoms with E-state index in [1.165, 1.54) is 26.1 Å². The average molecular weight is 262 g/mol. The summed E-state index contributed by atoms with van der Waals surface area (Å²) in [5.41, 5.74) is 5.16. The zero-order chi connectivity index (χ0) is 13.2. The van der Waals surface area contributed by atoms with Crippen LogP contribution in [0.15, 0.2) is 23.1 Å². The lowest BCUT2D eigenvalue weighted by Crippen LogP contribution is -2.33. The molecule has 0 heterocycles. The number of hydrogen-bond acceptors (Lipinski definition) is 4. The molecule has 0 spiro atoms. The van der Waals surface area contributed by atoms with Crippen molar-refractivity contribution in [1.82, 2.24) is 4.31 Å². The maximum Gasteiger partial charge on any atom is 0.243 e. The highest BCUT2D eigenvalue weighted by Crippen LogP contribution is 2.19. The maximum atomic E-state index is 13.2. The zero-order valence-corrected chi connectivity index (χ0v) is 10.4. The molecule has 3 N–H and O–H groups in total. The van der Waals surface area contributed by atoms with E-state index < -0.39 is 21.9 Å². The van der Waals surface area contributed by atoms with Gasteiger partial charge in [-0.3, -0.25) is 0 Å². The smallest absolute Gasteiger partial charge is 0.243 e. The van der Waals surface area contributed by atoms with Crippen LogP contribution in [0.25, 0.3) is 0 Å². The van der Waals surface area contributed by atoms with Crippen molar-refractivity contribution in [3.05, 3.63) is 24.0 Å². The number of benzene rings is 1. The molecular weight excluding hydrogens is 247 g/mol. The van der Waals surface area contributed by atoms with Crippen LogP contribution in [0, 0.1) is 5.82 Å². The summed E-state index contributed by atoms with van der Waals surface area (Å²) in [6, 6.07) is 3.29. The molecule has 0 saturated carbocycles. The lowest BCUT2D eigenvalue weighted by molar-refractivity contribution is 0.171. The molecule has 96 valence electrons. The Bertz CT molecular complexity index is 502. The number of halogens is 1. The number of nitrogen functional groups attached to an aromatic ring is 1. The number of likely N-dealkylation sites (N-methyl/N-ethyl adjacent to an activating group) is 1. The van der Waals surface area contributed by atoms with Crippen molar-refractivity contribution < 1.29 is 17.9 Å². The fraction of sp³-hybridized carbons (Fsp3) is 0.400. The first kappa shape index (κ1) is 13.9. The van der Waals surface area contributed by atoms with Crippen molar-refractivity contribution >= 4 is 15.7 Å². The summed E-state index contributed by atoms with van der Waals surface area (Å²) in [6.45, 7) is 1.41. The van der Waals surface area contributed by atoms with E-state index >= 15 is 0 Å². The summed E-state index contributed by atoms with van der Waals surface area (Å²) in [7, 11) is -2.48. The van der Waals surface area contributed by atoms with Crippen LogP contribution >= 0.6 is 0 Å². The van der Waals surface area contributed by atoms with Crippen LogP contribution in [0.4, 0.5) is 10.1 Å². The molecule has 0 bridgehead atoms. The van der Waals surface area contributed by atoms with Gasteiger partial charge in [-0.1, -0.05) is 0 Å². The Morgan fingerprint density at radius 3 is 2.59 bits per heavy atom. The molecule has 1 unspecified atom stereocenters. The fourth-order valence-electron chi connectivity index (χ4n) is 1.32. The second-order valence-corrected chi connectivity index (χ2v) is 5.86. The molecule has 7 heteroatoms. The number of aliphatic hydroxyl groups excluding tert-OH is 1. The maximum absolute atomic E-state index is 13.2. The minimum absolute atomic E-state index is 0.0612. The van der Waals surface area contributed by atoms with Crippen LogP contribution in [-0.2, 0) is 10.0 Å². The minimum Gasteiger partial charge on any atom is -0.396 e. The summed E-state index contributed by atoms with van der Waals surface area (Å²) in [5, 5.41) is 9.13. The van der Waals surface area contributed by atoms with E-state index in [4.69, 9.17) is 10.8 Å². The van der Waals surface area contributed by atoms with Crippen LogP contribution in [0.5, 0.6) is 0 Å². The second-order valence-electron chi connectivity index (χ2n) is 3.82. The van der Waals surface area contributed by atoms with Crippen LogP contribution < -0.4 is 5.73 Å². The Morgan fingerprint density at radius 1 is 1.53 bits per heavy atom. The first-order valence-corrected chi connectivity index (χ1v) is 6.38. The van der Waals surface area contributed by atoms with E-state index in [0.717, 1.165) is 10.4 Å². The van der Waals surface area contributed by atoms with E-state index in [0.29, 0.717) is 0 Å². The quantitative estimate of drug-likeness (QED) is 0.770. The molecule has 0 radical (unpaired) electrons. The van der Waals surface area contributed by atoms with Crippen LogP contribution in [0.2, 0.25) is 0 Å². The van der Waals surface area contributed by atoms with Crippen molar-refractivity contribution in [2.24, 2.45) is 0 Å². The molecule has 0 fully saturated rings. The second kappa shape index (κ2) is 4.99. The SMILES string of the molecule is CC(O)CN(C)S(=O)(=O)c1ccc(N)c(F)c1. The zero-order valence-electron chi connectivity index (χ0n) is 9.59. The monoisotopic (exact) mass is 262 g/mol. The molecule has 0 aromatic heterocycles. The molecule has 1 rings (SSSR count). The Balaban J connectivity index is 3.09. The molecule has 0 saturated heterocycles. The lowest BCUT2D eigenvalue weighted by atomic mass is 10.3. The summed E-state index contributed by atoms with van der Waals surface area (Å²) >= 11 is 0. The third-order valence-corrected chi connectivity index (χ3v) is 4.02. The number of sulfonamides is 1. The highest BCUT2D eigenvalue weighted by molar-refractivity contribution is 7.89. The molecule has 1 aromatic rings. The van der Waals surface area contributed by atoms with E-state index in [1.54, 1.807) is 0 Å². The van der Waals surface area contributed by atoms with Crippen molar-refractivity contribution in [1.29, 1.82) is 0 Å².